The number of hydrogen-bond acceptors (Lipinski definition) is 5. The van der Waals surface area contributed by atoms with Crippen molar-refractivity contribution in [3.8, 4) is 0 Å². The molecular formula is C29H35N5OS. The summed E-state index contributed by atoms with van der Waals surface area (Å²) >= 11 is 1.47. The number of carbonyl (C=O) groups excluding carboxylic acids is 1. The van der Waals surface area contributed by atoms with Crippen molar-refractivity contribution in [1.82, 2.24) is 24.2 Å². The van der Waals surface area contributed by atoms with E-state index in [1.807, 2.05) is 49.4 Å². The molecule has 6 nitrogen and oxygen atoms in total. The Labute approximate surface area is 218 Å². The van der Waals surface area contributed by atoms with Crippen molar-refractivity contribution in [2.75, 3.05) is 19.8 Å². The number of thioether (sulfide) groups is 1. The Kier molecular flexibility index (Phi) is 8.44. The van der Waals surface area contributed by atoms with Gasteiger partial charge in [-0.3, -0.25) is 9.69 Å². The largest absolute Gasteiger partial charge is 0.344 e. The number of ketones is 1. The average molecular weight is 502 g/mol. The molecule has 4 rings (SSSR count). The Balaban J connectivity index is 1.55. The predicted molar refractivity (Wildman–Crippen MR) is 147 cm³/mol. The Morgan fingerprint density at radius 3 is 2.06 bits per heavy atom. The van der Waals surface area contributed by atoms with Crippen LogP contribution in [-0.2, 0) is 13.1 Å². The van der Waals surface area contributed by atoms with Crippen LogP contribution in [0.5, 0.6) is 0 Å². The zero-order valence-corrected chi connectivity index (χ0v) is 22.6. The molecule has 0 saturated heterocycles. The van der Waals surface area contributed by atoms with E-state index in [0.717, 1.165) is 40.9 Å². The normalized spacial score (nSPS) is 12.3. The molecule has 2 heterocycles. The van der Waals surface area contributed by atoms with Gasteiger partial charge in [-0.25, -0.2) is 0 Å². The first-order valence-corrected chi connectivity index (χ1v) is 13.4. The highest BCUT2D eigenvalue weighted by molar-refractivity contribution is 7.99. The molecular weight excluding hydrogens is 466 g/mol. The monoisotopic (exact) mass is 501 g/mol. The predicted octanol–water partition coefficient (Wildman–Crippen LogP) is 5.78. The third-order valence-corrected chi connectivity index (χ3v) is 7.59. The van der Waals surface area contributed by atoms with Crippen molar-refractivity contribution in [2.45, 2.75) is 51.5 Å². The second-order valence-corrected chi connectivity index (χ2v) is 10.3. The van der Waals surface area contributed by atoms with E-state index in [0.29, 0.717) is 12.3 Å². The number of aromatic nitrogens is 4. The van der Waals surface area contributed by atoms with Crippen LogP contribution in [0, 0.1) is 13.8 Å². The summed E-state index contributed by atoms with van der Waals surface area (Å²) < 4.78 is 4.38. The summed E-state index contributed by atoms with van der Waals surface area (Å²) in [7, 11) is 4.13. The van der Waals surface area contributed by atoms with E-state index in [-0.39, 0.29) is 11.8 Å². The van der Waals surface area contributed by atoms with Gasteiger partial charge in [0, 0.05) is 23.5 Å². The minimum Gasteiger partial charge on any atom is -0.344 e. The minimum absolute atomic E-state index is 0.114. The van der Waals surface area contributed by atoms with Gasteiger partial charge in [0.25, 0.3) is 0 Å². The second-order valence-electron chi connectivity index (χ2n) is 9.37. The first-order valence-electron chi connectivity index (χ1n) is 12.4. The van der Waals surface area contributed by atoms with Crippen molar-refractivity contribution < 1.29 is 4.79 Å². The van der Waals surface area contributed by atoms with Crippen LogP contribution in [-0.4, -0.2) is 49.9 Å². The number of aryl methyl sites for hydroxylation is 1. The molecule has 0 spiro atoms. The van der Waals surface area contributed by atoms with E-state index in [4.69, 9.17) is 0 Å². The number of carbonyl (C=O) groups is 1. The van der Waals surface area contributed by atoms with Crippen LogP contribution in [0.3, 0.4) is 0 Å². The van der Waals surface area contributed by atoms with Crippen LogP contribution in [0.25, 0.3) is 0 Å². The highest BCUT2D eigenvalue weighted by Crippen LogP contribution is 2.27. The fourth-order valence-electron chi connectivity index (χ4n) is 4.65. The highest BCUT2D eigenvalue weighted by Gasteiger charge is 2.23. The van der Waals surface area contributed by atoms with Crippen LogP contribution in [0.1, 0.15) is 58.1 Å². The SMILES string of the molecule is CCC(c1nnc(SCC(=O)c2cc(C)n(Cc3ccccc3)c2C)n1Cc1ccccc1)N(C)C. The lowest BCUT2D eigenvalue weighted by Gasteiger charge is -2.23. The number of Topliss-reactive ketones (excluding diaryl/α,β-unsaturated/α-hetero) is 1. The van der Waals surface area contributed by atoms with Crippen LogP contribution in [0.4, 0.5) is 0 Å². The average Bonchev–Trinajstić information content (AvgIpc) is 3.39. The molecule has 0 radical (unpaired) electrons. The molecule has 7 heteroatoms. The molecule has 0 aliphatic rings. The van der Waals surface area contributed by atoms with Gasteiger partial charge in [0.05, 0.1) is 18.3 Å². The van der Waals surface area contributed by atoms with E-state index in [2.05, 4.69) is 76.4 Å². The van der Waals surface area contributed by atoms with E-state index in [1.165, 1.54) is 22.9 Å². The first-order chi connectivity index (χ1) is 17.4. The molecule has 0 saturated carbocycles. The first kappa shape index (κ1) is 25.9. The Morgan fingerprint density at radius 2 is 1.50 bits per heavy atom. The van der Waals surface area contributed by atoms with Crippen LogP contribution in [0.15, 0.2) is 71.9 Å². The van der Waals surface area contributed by atoms with E-state index in [9.17, 15) is 4.79 Å². The van der Waals surface area contributed by atoms with Crippen molar-refractivity contribution >= 4 is 17.5 Å². The maximum Gasteiger partial charge on any atom is 0.192 e. The molecule has 0 N–H and O–H groups in total. The quantitative estimate of drug-likeness (QED) is 0.193. The standard InChI is InChI=1S/C29H35N5OS/c1-6-26(32(4)5)28-30-31-29(34(28)19-24-15-11-8-12-16-24)36-20-27(35)25-17-21(2)33(22(25)3)18-23-13-9-7-10-14-23/h7-17,26H,6,18-20H2,1-5H3. The number of rotatable bonds is 11. The maximum absolute atomic E-state index is 13.3. The summed E-state index contributed by atoms with van der Waals surface area (Å²) in [6.07, 6.45) is 0.928. The van der Waals surface area contributed by atoms with E-state index < -0.39 is 0 Å². The van der Waals surface area contributed by atoms with Gasteiger partial charge < -0.3 is 9.13 Å². The van der Waals surface area contributed by atoms with Gasteiger partial charge in [0.1, 0.15) is 0 Å². The van der Waals surface area contributed by atoms with Gasteiger partial charge >= 0.3 is 0 Å². The number of nitrogens with zero attached hydrogens (tertiary/aromatic N) is 5. The lowest BCUT2D eigenvalue weighted by atomic mass is 10.2. The molecule has 1 unspecified atom stereocenters. The molecule has 0 fully saturated rings. The number of hydrogen-bond donors (Lipinski definition) is 0. The minimum atomic E-state index is 0.114. The lowest BCUT2D eigenvalue weighted by Crippen LogP contribution is -2.23. The van der Waals surface area contributed by atoms with Crippen molar-refractivity contribution in [2.24, 2.45) is 0 Å². The van der Waals surface area contributed by atoms with Gasteiger partial charge in [0.15, 0.2) is 16.8 Å². The fourth-order valence-corrected chi connectivity index (χ4v) is 5.48. The van der Waals surface area contributed by atoms with Gasteiger partial charge in [0.2, 0.25) is 0 Å². The molecule has 0 amide bonds. The summed E-state index contributed by atoms with van der Waals surface area (Å²) in [5, 5.41) is 9.87. The van der Waals surface area contributed by atoms with Crippen molar-refractivity contribution in [3.05, 3.63) is 101 Å². The van der Waals surface area contributed by atoms with Crippen LogP contribution >= 0.6 is 11.8 Å². The van der Waals surface area contributed by atoms with Gasteiger partial charge in [-0.2, -0.15) is 0 Å². The van der Waals surface area contributed by atoms with E-state index in [1.54, 1.807) is 0 Å². The van der Waals surface area contributed by atoms with Crippen molar-refractivity contribution in [1.29, 1.82) is 0 Å². The molecule has 36 heavy (non-hydrogen) atoms. The van der Waals surface area contributed by atoms with Crippen LogP contribution in [0.2, 0.25) is 0 Å². The second kappa shape index (κ2) is 11.7. The molecule has 0 aliphatic heterocycles. The maximum atomic E-state index is 13.3. The summed E-state index contributed by atoms with van der Waals surface area (Å²) in [6, 6.07) is 22.9. The molecule has 188 valence electrons. The van der Waals surface area contributed by atoms with Gasteiger partial charge in [-0.1, -0.05) is 79.3 Å². The molecule has 0 bridgehead atoms. The Bertz CT molecular complexity index is 1290. The summed E-state index contributed by atoms with van der Waals surface area (Å²) in [6.45, 7) is 7.70. The zero-order valence-electron chi connectivity index (χ0n) is 21.8. The molecule has 2 aromatic carbocycles. The number of benzene rings is 2. The van der Waals surface area contributed by atoms with Crippen LogP contribution < -0.4 is 0 Å². The Hall–Kier alpha value is -3.16. The summed E-state index contributed by atoms with van der Waals surface area (Å²) in [4.78, 5) is 15.5. The lowest BCUT2D eigenvalue weighted by molar-refractivity contribution is 0.102. The fraction of sp³-hybridized carbons (Fsp3) is 0.345. The molecule has 2 aromatic heterocycles. The smallest absolute Gasteiger partial charge is 0.192 e. The third kappa shape index (κ3) is 5.79. The molecule has 0 aliphatic carbocycles. The topological polar surface area (TPSA) is 56.0 Å². The van der Waals surface area contributed by atoms with E-state index >= 15 is 0 Å². The molecule has 4 aromatic rings. The van der Waals surface area contributed by atoms with Gasteiger partial charge in [-0.05, 0) is 51.6 Å². The summed E-state index contributed by atoms with van der Waals surface area (Å²) in [5.74, 6) is 1.37. The van der Waals surface area contributed by atoms with Crippen molar-refractivity contribution in [3.63, 3.8) is 0 Å². The van der Waals surface area contributed by atoms with Gasteiger partial charge in [-0.15, -0.1) is 10.2 Å². The Morgan fingerprint density at radius 1 is 0.917 bits per heavy atom. The molecule has 1 atom stereocenters. The highest BCUT2D eigenvalue weighted by atomic mass is 32.2. The third-order valence-electron chi connectivity index (χ3n) is 6.63. The summed E-state index contributed by atoms with van der Waals surface area (Å²) in [5.41, 5.74) is 5.29. The zero-order chi connectivity index (χ0) is 25.7.